The Balaban J connectivity index is 1.66. The average molecular weight is 387 g/mol. The average Bonchev–Trinajstić information content (AvgIpc) is 3.15. The van der Waals surface area contributed by atoms with E-state index >= 15 is 0 Å². The molecule has 3 rings (SSSR count). The summed E-state index contributed by atoms with van der Waals surface area (Å²) in [4.78, 5) is 13.4. The normalized spacial score (nSPS) is 18.7. The predicted octanol–water partition coefficient (Wildman–Crippen LogP) is 3.73. The molecule has 2 aromatic rings. The van der Waals surface area contributed by atoms with Gasteiger partial charge in [-0.3, -0.25) is 14.9 Å². The number of nitrogens with zero attached hydrogens (tertiary/aromatic N) is 1. The van der Waals surface area contributed by atoms with Gasteiger partial charge in [0.05, 0.1) is 6.10 Å². The zero-order chi connectivity index (χ0) is 19.2. The number of amides is 1. The van der Waals surface area contributed by atoms with E-state index in [2.05, 4.69) is 4.90 Å². The predicted molar refractivity (Wildman–Crippen MR) is 105 cm³/mol. The molecular formula is C21H23ClN2O3. The van der Waals surface area contributed by atoms with Gasteiger partial charge in [0.25, 0.3) is 5.91 Å². The molecule has 0 aromatic heterocycles. The van der Waals surface area contributed by atoms with Crippen LogP contribution in [0.25, 0.3) is 6.08 Å². The van der Waals surface area contributed by atoms with E-state index < -0.39 is 12.0 Å². The van der Waals surface area contributed by atoms with E-state index in [-0.39, 0.29) is 6.04 Å². The van der Waals surface area contributed by atoms with Crippen LogP contribution in [0.15, 0.2) is 54.6 Å². The zero-order valence-corrected chi connectivity index (χ0v) is 15.6. The van der Waals surface area contributed by atoms with Crippen molar-refractivity contribution in [1.82, 2.24) is 10.4 Å². The molecule has 1 amide bonds. The van der Waals surface area contributed by atoms with Crippen LogP contribution in [0.2, 0.25) is 5.02 Å². The maximum Gasteiger partial charge on any atom is 0.267 e. The summed E-state index contributed by atoms with van der Waals surface area (Å²) in [5, 5.41) is 19.8. The minimum Gasteiger partial charge on any atom is -0.387 e. The van der Waals surface area contributed by atoms with Crippen LogP contribution in [-0.2, 0) is 4.79 Å². The standard InChI is InChI=1S/C21H23ClN2O3/c22-18-10-8-17(9-11-18)20(25)14-24-13-1-2-19(24)16-6-3-15(4-7-16)5-12-21(26)23-27/h3-12,19-20,25,27H,1-2,13-14H2,(H,23,26). The van der Waals surface area contributed by atoms with Gasteiger partial charge in [-0.1, -0.05) is 48.0 Å². The summed E-state index contributed by atoms with van der Waals surface area (Å²) in [5.74, 6) is -0.558. The summed E-state index contributed by atoms with van der Waals surface area (Å²) in [6.45, 7) is 1.53. The van der Waals surface area contributed by atoms with Gasteiger partial charge in [0.1, 0.15) is 0 Å². The van der Waals surface area contributed by atoms with Crippen molar-refractivity contribution in [2.45, 2.75) is 25.0 Å². The quantitative estimate of drug-likeness (QED) is 0.402. The second-order valence-electron chi connectivity index (χ2n) is 6.70. The molecule has 1 heterocycles. The van der Waals surface area contributed by atoms with Gasteiger partial charge in [-0.15, -0.1) is 0 Å². The molecule has 1 saturated heterocycles. The third kappa shape index (κ3) is 5.17. The first-order chi connectivity index (χ1) is 13.1. The third-order valence-corrected chi connectivity index (χ3v) is 5.14. The van der Waals surface area contributed by atoms with E-state index in [9.17, 15) is 9.90 Å². The first-order valence-electron chi connectivity index (χ1n) is 8.96. The number of aliphatic hydroxyl groups is 1. The number of aliphatic hydroxyl groups excluding tert-OH is 1. The van der Waals surface area contributed by atoms with Crippen molar-refractivity contribution < 1.29 is 15.1 Å². The van der Waals surface area contributed by atoms with Crippen molar-refractivity contribution in [1.29, 1.82) is 0 Å². The lowest BCUT2D eigenvalue weighted by Crippen LogP contribution is -2.28. The lowest BCUT2D eigenvalue weighted by molar-refractivity contribution is -0.124. The van der Waals surface area contributed by atoms with Crippen molar-refractivity contribution in [3.63, 3.8) is 0 Å². The molecule has 0 bridgehead atoms. The van der Waals surface area contributed by atoms with Crippen LogP contribution in [0.1, 0.15) is 41.7 Å². The van der Waals surface area contributed by atoms with Crippen molar-refractivity contribution in [2.75, 3.05) is 13.1 Å². The van der Waals surface area contributed by atoms with E-state index in [0.29, 0.717) is 11.6 Å². The zero-order valence-electron chi connectivity index (χ0n) is 14.9. The number of carbonyl (C=O) groups excluding carboxylic acids is 1. The molecular weight excluding hydrogens is 364 g/mol. The minimum absolute atomic E-state index is 0.269. The Morgan fingerprint density at radius 3 is 2.59 bits per heavy atom. The van der Waals surface area contributed by atoms with Crippen LogP contribution in [0.5, 0.6) is 0 Å². The highest BCUT2D eigenvalue weighted by Gasteiger charge is 2.27. The number of likely N-dealkylation sites (tertiary alicyclic amines) is 1. The summed E-state index contributed by atoms with van der Waals surface area (Å²) in [7, 11) is 0. The molecule has 142 valence electrons. The van der Waals surface area contributed by atoms with Gasteiger partial charge in [-0.05, 0) is 54.3 Å². The molecule has 3 N–H and O–H groups in total. The summed E-state index contributed by atoms with van der Waals surface area (Å²) >= 11 is 5.92. The molecule has 2 atom stereocenters. The monoisotopic (exact) mass is 386 g/mol. The topological polar surface area (TPSA) is 72.8 Å². The summed E-state index contributed by atoms with van der Waals surface area (Å²) in [6, 6.07) is 15.6. The van der Waals surface area contributed by atoms with Crippen molar-refractivity contribution in [3.05, 3.63) is 76.3 Å². The lowest BCUT2D eigenvalue weighted by atomic mass is 10.0. The van der Waals surface area contributed by atoms with Crippen molar-refractivity contribution >= 4 is 23.6 Å². The largest absolute Gasteiger partial charge is 0.387 e. The fraction of sp³-hybridized carbons (Fsp3) is 0.286. The molecule has 1 aliphatic rings. The lowest BCUT2D eigenvalue weighted by Gasteiger charge is -2.27. The van der Waals surface area contributed by atoms with Crippen LogP contribution in [0, 0.1) is 0 Å². The number of benzene rings is 2. The Morgan fingerprint density at radius 2 is 1.93 bits per heavy atom. The van der Waals surface area contributed by atoms with Crippen LogP contribution >= 0.6 is 11.6 Å². The third-order valence-electron chi connectivity index (χ3n) is 4.88. The van der Waals surface area contributed by atoms with E-state index in [1.807, 2.05) is 36.4 Å². The molecule has 0 aliphatic carbocycles. The number of rotatable bonds is 6. The summed E-state index contributed by atoms with van der Waals surface area (Å²) in [5.41, 5.74) is 4.51. The summed E-state index contributed by atoms with van der Waals surface area (Å²) < 4.78 is 0. The molecule has 0 spiro atoms. The highest BCUT2D eigenvalue weighted by molar-refractivity contribution is 6.30. The number of hydrogen-bond acceptors (Lipinski definition) is 4. The highest BCUT2D eigenvalue weighted by atomic mass is 35.5. The number of nitrogens with one attached hydrogen (secondary N) is 1. The molecule has 0 saturated carbocycles. The molecule has 6 heteroatoms. The maximum absolute atomic E-state index is 11.1. The number of hydrogen-bond donors (Lipinski definition) is 3. The molecule has 1 fully saturated rings. The number of halogens is 1. The van der Waals surface area contributed by atoms with E-state index in [0.717, 1.165) is 30.5 Å². The van der Waals surface area contributed by atoms with Gasteiger partial charge >= 0.3 is 0 Å². The molecule has 5 nitrogen and oxygen atoms in total. The van der Waals surface area contributed by atoms with Crippen LogP contribution in [-0.4, -0.2) is 34.2 Å². The SMILES string of the molecule is O=C(C=Cc1ccc(C2CCCN2CC(O)c2ccc(Cl)cc2)cc1)NO. The Hall–Kier alpha value is -2.18. The molecule has 0 radical (unpaired) electrons. The van der Waals surface area contributed by atoms with Gasteiger partial charge in [0, 0.05) is 23.7 Å². The number of carbonyl (C=O) groups is 1. The fourth-order valence-electron chi connectivity index (χ4n) is 3.47. The molecule has 2 aromatic carbocycles. The van der Waals surface area contributed by atoms with E-state index in [1.54, 1.807) is 23.7 Å². The first-order valence-corrected chi connectivity index (χ1v) is 9.34. The van der Waals surface area contributed by atoms with E-state index in [4.69, 9.17) is 16.8 Å². The highest BCUT2D eigenvalue weighted by Crippen LogP contribution is 2.33. The van der Waals surface area contributed by atoms with E-state index in [1.165, 1.54) is 11.6 Å². The molecule has 2 unspecified atom stereocenters. The van der Waals surface area contributed by atoms with Crippen LogP contribution in [0.3, 0.4) is 0 Å². The first kappa shape index (κ1) is 19.6. The van der Waals surface area contributed by atoms with Crippen molar-refractivity contribution in [2.24, 2.45) is 0 Å². The summed E-state index contributed by atoms with van der Waals surface area (Å²) in [6.07, 6.45) is 4.51. The Labute approximate surface area is 163 Å². The Morgan fingerprint density at radius 1 is 1.22 bits per heavy atom. The smallest absolute Gasteiger partial charge is 0.267 e. The minimum atomic E-state index is -0.558. The Kier molecular flexibility index (Phi) is 6.63. The van der Waals surface area contributed by atoms with Gasteiger partial charge in [0.15, 0.2) is 0 Å². The second-order valence-corrected chi connectivity index (χ2v) is 7.13. The number of β-amino-alcohol motifs (C(OH)–C–C–N with tert-alkyl or cyclic N) is 1. The van der Waals surface area contributed by atoms with Gasteiger partial charge in [0.2, 0.25) is 0 Å². The Bertz CT molecular complexity index is 790. The maximum atomic E-state index is 11.1. The van der Waals surface area contributed by atoms with Gasteiger partial charge in [-0.2, -0.15) is 0 Å². The van der Waals surface area contributed by atoms with Crippen LogP contribution in [0.4, 0.5) is 0 Å². The fourth-order valence-corrected chi connectivity index (χ4v) is 3.60. The van der Waals surface area contributed by atoms with Crippen molar-refractivity contribution in [3.8, 4) is 0 Å². The second kappa shape index (κ2) is 9.15. The van der Waals surface area contributed by atoms with Gasteiger partial charge < -0.3 is 5.11 Å². The molecule has 27 heavy (non-hydrogen) atoms. The van der Waals surface area contributed by atoms with Gasteiger partial charge in [-0.25, -0.2) is 5.48 Å². The number of hydroxylamine groups is 1. The molecule has 1 aliphatic heterocycles. The van der Waals surface area contributed by atoms with Crippen LogP contribution < -0.4 is 5.48 Å².